The first-order valence-electron chi connectivity index (χ1n) is 14.4. The molecule has 4 heterocycles. The minimum atomic E-state index is -5.08. The van der Waals surface area contributed by atoms with Crippen molar-refractivity contribution < 1.29 is 46.5 Å². The predicted octanol–water partition coefficient (Wildman–Crippen LogP) is 3.98. The molecule has 3 aromatic rings. The summed E-state index contributed by atoms with van der Waals surface area (Å²) in [5.74, 6) is -3.01. The summed E-state index contributed by atoms with van der Waals surface area (Å²) < 4.78 is 57.7. The molecule has 2 amide bonds. The first-order chi connectivity index (χ1) is 22.3. The van der Waals surface area contributed by atoms with Crippen molar-refractivity contribution in [2.45, 2.75) is 25.1 Å². The van der Waals surface area contributed by atoms with Crippen LogP contribution in [0.1, 0.15) is 22.5 Å². The van der Waals surface area contributed by atoms with Crippen LogP contribution in [-0.4, -0.2) is 102 Å². The SMILES string of the molecule is COc1c(F)cccc1Nc1c(-c2ccncc2OC[C@@H]2CCN2C(=O)/C=C/CN(C)C)[nH]c2c1C(=O)NCC2.O=C(O)C(F)(F)F. The number of likely N-dealkylation sites (N-methyl/N-ethyl adjacent to an activating group) is 1. The molecule has 1 fully saturated rings. The highest BCUT2D eigenvalue weighted by Crippen LogP contribution is 2.42. The molecule has 4 N–H and O–H groups in total. The number of fused-ring (bicyclic) bond motifs is 1. The van der Waals surface area contributed by atoms with E-state index < -0.39 is 18.0 Å². The highest BCUT2D eigenvalue weighted by molar-refractivity contribution is 6.06. The number of alkyl halides is 3. The lowest BCUT2D eigenvalue weighted by atomic mass is 10.0. The number of carbonyl (C=O) groups is 3. The van der Waals surface area contributed by atoms with E-state index in [9.17, 15) is 27.2 Å². The van der Waals surface area contributed by atoms with Crippen LogP contribution in [0.5, 0.6) is 11.5 Å². The highest BCUT2D eigenvalue weighted by Gasteiger charge is 2.38. The molecule has 12 nitrogen and oxygen atoms in total. The van der Waals surface area contributed by atoms with Gasteiger partial charge in [0.15, 0.2) is 11.6 Å². The maximum Gasteiger partial charge on any atom is 0.490 e. The van der Waals surface area contributed by atoms with Gasteiger partial charge in [-0.15, -0.1) is 0 Å². The van der Waals surface area contributed by atoms with Gasteiger partial charge >= 0.3 is 12.1 Å². The number of ether oxygens (including phenoxy) is 2. The molecule has 1 atom stereocenters. The third-order valence-electron chi connectivity index (χ3n) is 7.28. The van der Waals surface area contributed by atoms with Crippen LogP contribution in [0.25, 0.3) is 11.3 Å². The van der Waals surface area contributed by atoms with E-state index in [2.05, 4.69) is 20.6 Å². The van der Waals surface area contributed by atoms with Gasteiger partial charge in [-0.05, 0) is 38.7 Å². The summed E-state index contributed by atoms with van der Waals surface area (Å²) in [5, 5.41) is 13.2. The number of hydrogen-bond acceptors (Lipinski definition) is 8. The van der Waals surface area contributed by atoms with Gasteiger partial charge in [0.1, 0.15) is 12.4 Å². The van der Waals surface area contributed by atoms with Crippen molar-refractivity contribution in [1.82, 2.24) is 25.1 Å². The smallest absolute Gasteiger partial charge is 0.490 e. The predicted molar refractivity (Wildman–Crippen MR) is 163 cm³/mol. The summed E-state index contributed by atoms with van der Waals surface area (Å²) in [5.41, 5.74) is 3.37. The minimum absolute atomic E-state index is 0.0355. The number of carboxylic acid groups (broad SMARTS) is 1. The van der Waals surface area contributed by atoms with Crippen LogP contribution < -0.4 is 20.1 Å². The molecule has 16 heteroatoms. The van der Waals surface area contributed by atoms with E-state index in [1.165, 1.54) is 13.2 Å². The van der Waals surface area contributed by atoms with E-state index in [0.717, 1.165) is 12.1 Å². The number of likely N-dealkylation sites (tertiary alicyclic amines) is 1. The average molecular weight is 663 g/mol. The first kappa shape index (κ1) is 34.7. The zero-order valence-electron chi connectivity index (χ0n) is 25.8. The number of nitrogens with zero attached hydrogens (tertiary/aromatic N) is 3. The number of pyridine rings is 1. The second-order valence-electron chi connectivity index (χ2n) is 10.8. The van der Waals surface area contributed by atoms with E-state index >= 15 is 0 Å². The van der Waals surface area contributed by atoms with E-state index in [1.54, 1.807) is 41.6 Å². The summed E-state index contributed by atoms with van der Waals surface area (Å²) in [6, 6.07) is 6.31. The van der Waals surface area contributed by atoms with Gasteiger partial charge in [0.05, 0.1) is 42.0 Å². The summed E-state index contributed by atoms with van der Waals surface area (Å²) >= 11 is 0. The number of aromatic nitrogens is 2. The van der Waals surface area contributed by atoms with E-state index in [0.29, 0.717) is 66.6 Å². The van der Waals surface area contributed by atoms with Crippen LogP contribution in [0.2, 0.25) is 0 Å². The molecule has 0 unspecified atom stereocenters. The monoisotopic (exact) mass is 662 g/mol. The van der Waals surface area contributed by atoms with Gasteiger partial charge in [-0.25, -0.2) is 9.18 Å². The Kier molecular flexibility index (Phi) is 11.1. The largest absolute Gasteiger partial charge is 0.492 e. The van der Waals surface area contributed by atoms with E-state index in [4.69, 9.17) is 19.4 Å². The zero-order chi connectivity index (χ0) is 34.3. The Labute approximate surface area is 267 Å². The van der Waals surface area contributed by atoms with Gasteiger partial charge in [-0.2, -0.15) is 13.2 Å². The number of carboxylic acids is 1. The Bertz CT molecular complexity index is 1640. The number of aliphatic carboxylic acids is 1. The Morgan fingerprint density at radius 3 is 2.64 bits per heavy atom. The number of hydrogen-bond donors (Lipinski definition) is 4. The third kappa shape index (κ3) is 8.38. The number of halogens is 4. The van der Waals surface area contributed by atoms with Crippen molar-refractivity contribution in [3.05, 3.63) is 65.9 Å². The quantitative estimate of drug-likeness (QED) is 0.187. The maximum absolute atomic E-state index is 14.5. The van der Waals surface area contributed by atoms with Crippen molar-refractivity contribution in [1.29, 1.82) is 0 Å². The summed E-state index contributed by atoms with van der Waals surface area (Å²) in [6.07, 6.45) is 3.08. The average Bonchev–Trinajstić information content (AvgIpc) is 3.36. The lowest BCUT2D eigenvalue weighted by Crippen LogP contribution is -2.53. The number of nitrogens with one attached hydrogen (secondary N) is 3. The maximum atomic E-state index is 14.5. The highest BCUT2D eigenvalue weighted by atomic mass is 19.4. The van der Waals surface area contributed by atoms with Gasteiger partial charge in [0, 0.05) is 49.6 Å². The molecule has 0 spiro atoms. The second kappa shape index (κ2) is 15.0. The molecule has 0 aliphatic carbocycles. The molecular formula is C31H34F4N6O6. The summed E-state index contributed by atoms with van der Waals surface area (Å²) in [4.78, 5) is 45.9. The number of anilines is 2. The minimum Gasteiger partial charge on any atom is -0.492 e. The van der Waals surface area contributed by atoms with Crippen LogP contribution in [0.15, 0.2) is 48.8 Å². The fourth-order valence-corrected chi connectivity index (χ4v) is 4.91. The van der Waals surface area contributed by atoms with Crippen LogP contribution >= 0.6 is 0 Å². The molecule has 2 aliphatic rings. The number of methoxy groups -OCH3 is 1. The van der Waals surface area contributed by atoms with Crippen molar-refractivity contribution in [2.75, 3.05) is 52.8 Å². The van der Waals surface area contributed by atoms with E-state index in [-0.39, 0.29) is 23.6 Å². The second-order valence-corrected chi connectivity index (χ2v) is 10.8. The Balaban J connectivity index is 0.000000644. The number of carbonyl (C=O) groups excluding carboxylic acids is 2. The molecule has 252 valence electrons. The van der Waals surface area contributed by atoms with Gasteiger partial charge in [0.25, 0.3) is 5.91 Å². The number of aromatic amines is 1. The fourth-order valence-electron chi connectivity index (χ4n) is 4.91. The molecule has 47 heavy (non-hydrogen) atoms. The van der Waals surface area contributed by atoms with Gasteiger partial charge in [-0.1, -0.05) is 12.1 Å². The normalized spacial score (nSPS) is 15.7. The van der Waals surface area contributed by atoms with Crippen LogP contribution in [0, 0.1) is 5.82 Å². The summed E-state index contributed by atoms with van der Waals surface area (Å²) in [6.45, 7) is 2.17. The lowest BCUT2D eigenvalue weighted by molar-refractivity contribution is -0.192. The lowest BCUT2D eigenvalue weighted by Gasteiger charge is -2.40. The Morgan fingerprint density at radius 2 is 2.00 bits per heavy atom. The fraction of sp³-hybridized carbons (Fsp3) is 0.355. The van der Waals surface area contributed by atoms with Crippen LogP contribution in [0.4, 0.5) is 28.9 Å². The zero-order valence-corrected chi connectivity index (χ0v) is 25.8. The molecule has 0 saturated carbocycles. The van der Waals surface area contributed by atoms with E-state index in [1.807, 2.05) is 25.1 Å². The van der Waals surface area contributed by atoms with Crippen molar-refractivity contribution in [3.8, 4) is 22.8 Å². The summed E-state index contributed by atoms with van der Waals surface area (Å²) in [7, 11) is 5.29. The Morgan fingerprint density at radius 1 is 1.26 bits per heavy atom. The molecular weight excluding hydrogens is 628 g/mol. The molecule has 2 aliphatic heterocycles. The molecule has 1 aromatic carbocycles. The number of H-pyrrole nitrogens is 1. The number of amides is 2. The van der Waals surface area contributed by atoms with Crippen molar-refractivity contribution >= 4 is 29.2 Å². The molecule has 2 aromatic heterocycles. The standard InChI is InChI=1S/C29H33FN6O4.C2HF3O2/c1-35(2)14-5-8-24(37)36-15-11-18(36)17-40-23-16-31-12-9-19(23)26-27(25-21(33-26)10-13-32-29(25)38)34-22-7-4-6-20(30)28(22)39-3;3-2(4,5)1(6)7/h4-9,12,16,18,33-34H,10-11,13-15,17H2,1-3H3,(H,32,38);(H,6,7)/b8-5+;/t18-;/m0./s1. The van der Waals surface area contributed by atoms with Gasteiger partial charge < -0.3 is 40.0 Å². The van der Waals surface area contributed by atoms with Gasteiger partial charge in [0.2, 0.25) is 5.91 Å². The van der Waals surface area contributed by atoms with Crippen molar-refractivity contribution in [3.63, 3.8) is 0 Å². The Hall–Kier alpha value is -5.12. The molecule has 5 rings (SSSR count). The van der Waals surface area contributed by atoms with Crippen LogP contribution in [0.3, 0.4) is 0 Å². The van der Waals surface area contributed by atoms with Crippen molar-refractivity contribution in [2.24, 2.45) is 0 Å². The molecule has 1 saturated heterocycles. The third-order valence-corrected chi connectivity index (χ3v) is 7.28. The first-order valence-corrected chi connectivity index (χ1v) is 14.4. The molecule has 0 radical (unpaired) electrons. The topological polar surface area (TPSA) is 149 Å². The number of benzene rings is 1. The number of para-hydroxylation sites is 1. The molecule has 0 bridgehead atoms. The van der Waals surface area contributed by atoms with Gasteiger partial charge in [-0.3, -0.25) is 14.6 Å². The van der Waals surface area contributed by atoms with Crippen LogP contribution in [-0.2, 0) is 16.0 Å². The number of rotatable bonds is 10.